The van der Waals surface area contributed by atoms with Gasteiger partial charge in [-0.05, 0) is 35.2 Å². The summed E-state index contributed by atoms with van der Waals surface area (Å²) in [6, 6.07) is 8.16. The quantitative estimate of drug-likeness (QED) is 0.872. The average molecular weight is 281 g/mol. The molecule has 102 valence electrons. The Balaban J connectivity index is 2.03. The Bertz CT molecular complexity index is 581. The van der Waals surface area contributed by atoms with Crippen LogP contribution in [0.25, 0.3) is 10.1 Å². The fourth-order valence-electron chi connectivity index (χ4n) is 3.07. The minimum absolute atomic E-state index is 0.0472. The first kappa shape index (κ1) is 13.0. The van der Waals surface area contributed by atoms with Crippen LogP contribution in [0.15, 0.2) is 29.6 Å². The van der Waals surface area contributed by atoms with E-state index in [9.17, 15) is 8.78 Å². The third kappa shape index (κ3) is 2.17. The summed E-state index contributed by atoms with van der Waals surface area (Å²) in [5.41, 5.74) is 6.88. The lowest BCUT2D eigenvalue weighted by Crippen LogP contribution is -2.41. The molecule has 1 aliphatic rings. The lowest BCUT2D eigenvalue weighted by Gasteiger charge is -2.39. The van der Waals surface area contributed by atoms with Crippen LogP contribution in [-0.2, 0) is 5.41 Å². The highest BCUT2D eigenvalue weighted by Gasteiger charge is 2.44. The summed E-state index contributed by atoms with van der Waals surface area (Å²) in [6.45, 7) is 0.448. The van der Waals surface area contributed by atoms with Crippen LogP contribution >= 0.6 is 11.3 Å². The van der Waals surface area contributed by atoms with Gasteiger partial charge in [-0.25, -0.2) is 8.78 Å². The molecule has 1 aromatic heterocycles. The molecule has 0 spiro atoms. The van der Waals surface area contributed by atoms with Crippen LogP contribution in [0.4, 0.5) is 8.78 Å². The van der Waals surface area contributed by atoms with Crippen molar-refractivity contribution in [2.24, 2.45) is 5.73 Å². The van der Waals surface area contributed by atoms with E-state index in [2.05, 4.69) is 17.5 Å². The second-order valence-electron chi connectivity index (χ2n) is 5.49. The van der Waals surface area contributed by atoms with Gasteiger partial charge in [0.15, 0.2) is 0 Å². The molecule has 1 aliphatic carbocycles. The van der Waals surface area contributed by atoms with E-state index in [0.29, 0.717) is 19.4 Å². The summed E-state index contributed by atoms with van der Waals surface area (Å²) in [5.74, 6) is -2.51. The molecular formula is C15H17F2NS. The molecule has 0 aliphatic heterocycles. The summed E-state index contributed by atoms with van der Waals surface area (Å²) in [4.78, 5) is 0. The van der Waals surface area contributed by atoms with Gasteiger partial charge < -0.3 is 5.73 Å². The first-order valence-corrected chi connectivity index (χ1v) is 7.49. The van der Waals surface area contributed by atoms with Crippen LogP contribution in [-0.4, -0.2) is 12.5 Å². The van der Waals surface area contributed by atoms with Gasteiger partial charge in [0.1, 0.15) is 0 Å². The molecular weight excluding hydrogens is 264 g/mol. The molecule has 1 nitrogen and oxygen atoms in total. The Hall–Kier alpha value is -1.00. The number of alkyl halides is 2. The van der Waals surface area contributed by atoms with E-state index < -0.39 is 5.92 Å². The number of thiophene rings is 1. The van der Waals surface area contributed by atoms with E-state index in [1.807, 2.05) is 12.1 Å². The Morgan fingerprint density at radius 2 is 1.79 bits per heavy atom. The van der Waals surface area contributed by atoms with Gasteiger partial charge in [-0.1, -0.05) is 18.2 Å². The summed E-state index contributed by atoms with van der Waals surface area (Å²) in [5, 5.41) is 3.30. The molecule has 0 amide bonds. The summed E-state index contributed by atoms with van der Waals surface area (Å²) < 4.78 is 28.0. The molecule has 0 radical (unpaired) electrons. The van der Waals surface area contributed by atoms with Gasteiger partial charge in [-0.3, -0.25) is 0 Å². The summed E-state index contributed by atoms with van der Waals surface area (Å²) >= 11 is 1.68. The Morgan fingerprint density at radius 3 is 2.47 bits per heavy atom. The summed E-state index contributed by atoms with van der Waals surface area (Å²) in [7, 11) is 0. The van der Waals surface area contributed by atoms with Gasteiger partial charge in [0, 0.05) is 29.5 Å². The highest BCUT2D eigenvalue weighted by atomic mass is 32.1. The van der Waals surface area contributed by atoms with Crippen LogP contribution in [0.2, 0.25) is 0 Å². The number of hydrogen-bond donors (Lipinski definition) is 1. The van der Waals surface area contributed by atoms with Crippen molar-refractivity contribution in [1.82, 2.24) is 0 Å². The van der Waals surface area contributed by atoms with Gasteiger partial charge >= 0.3 is 0 Å². The SMILES string of the molecule is NCC1(c2csc3ccccc23)CCC(F)(F)CC1. The second kappa shape index (κ2) is 4.53. The minimum Gasteiger partial charge on any atom is -0.330 e. The lowest BCUT2D eigenvalue weighted by atomic mass is 9.68. The van der Waals surface area contributed by atoms with Crippen LogP contribution in [0.1, 0.15) is 31.2 Å². The number of rotatable bonds is 2. The standard InChI is InChI=1S/C15H17F2NS/c16-15(17)7-5-14(10-18,6-8-15)12-9-19-13-4-2-1-3-11(12)13/h1-4,9H,5-8,10,18H2. The van der Waals surface area contributed by atoms with Crippen LogP contribution in [0, 0.1) is 0 Å². The van der Waals surface area contributed by atoms with Gasteiger partial charge in [-0.2, -0.15) is 0 Å². The molecule has 3 rings (SSSR count). The largest absolute Gasteiger partial charge is 0.330 e. The molecule has 1 fully saturated rings. The Labute approximate surface area is 115 Å². The van der Waals surface area contributed by atoms with E-state index in [0.717, 1.165) is 0 Å². The monoisotopic (exact) mass is 281 g/mol. The molecule has 1 aromatic carbocycles. The number of benzene rings is 1. The number of fused-ring (bicyclic) bond motifs is 1. The number of hydrogen-bond acceptors (Lipinski definition) is 2. The van der Waals surface area contributed by atoms with Gasteiger partial charge in [0.2, 0.25) is 5.92 Å². The molecule has 1 saturated carbocycles. The number of halogens is 2. The fraction of sp³-hybridized carbons (Fsp3) is 0.467. The van der Waals surface area contributed by atoms with Crippen molar-refractivity contribution in [2.75, 3.05) is 6.54 Å². The maximum Gasteiger partial charge on any atom is 0.248 e. The van der Waals surface area contributed by atoms with Crippen LogP contribution in [0.3, 0.4) is 0 Å². The van der Waals surface area contributed by atoms with E-state index in [1.54, 1.807) is 11.3 Å². The zero-order valence-electron chi connectivity index (χ0n) is 10.7. The van der Waals surface area contributed by atoms with E-state index in [1.165, 1.54) is 15.6 Å². The zero-order chi connectivity index (χ0) is 13.5. The van der Waals surface area contributed by atoms with Crippen molar-refractivity contribution in [3.05, 3.63) is 35.2 Å². The highest BCUT2D eigenvalue weighted by molar-refractivity contribution is 7.17. The van der Waals surface area contributed by atoms with Crippen molar-refractivity contribution < 1.29 is 8.78 Å². The van der Waals surface area contributed by atoms with E-state index in [-0.39, 0.29) is 18.3 Å². The van der Waals surface area contributed by atoms with Crippen molar-refractivity contribution in [3.63, 3.8) is 0 Å². The normalized spacial score (nSPS) is 21.6. The van der Waals surface area contributed by atoms with Crippen molar-refractivity contribution in [1.29, 1.82) is 0 Å². The van der Waals surface area contributed by atoms with Crippen molar-refractivity contribution >= 4 is 21.4 Å². The summed E-state index contributed by atoms with van der Waals surface area (Å²) in [6.07, 6.45) is 0.872. The fourth-order valence-corrected chi connectivity index (χ4v) is 4.15. The molecule has 19 heavy (non-hydrogen) atoms. The lowest BCUT2D eigenvalue weighted by molar-refractivity contribution is -0.0507. The third-order valence-corrected chi connectivity index (χ3v) is 5.35. The maximum atomic E-state index is 13.4. The first-order valence-electron chi connectivity index (χ1n) is 6.61. The molecule has 0 unspecified atom stereocenters. The van der Waals surface area contributed by atoms with Crippen LogP contribution < -0.4 is 5.73 Å². The molecule has 0 bridgehead atoms. The van der Waals surface area contributed by atoms with E-state index >= 15 is 0 Å². The molecule has 0 atom stereocenters. The zero-order valence-corrected chi connectivity index (χ0v) is 11.5. The van der Waals surface area contributed by atoms with Crippen molar-refractivity contribution in [3.8, 4) is 0 Å². The number of nitrogens with two attached hydrogens (primary N) is 1. The second-order valence-corrected chi connectivity index (χ2v) is 6.40. The Morgan fingerprint density at radius 1 is 1.11 bits per heavy atom. The predicted octanol–water partition coefficient (Wildman–Crippen LogP) is 4.31. The van der Waals surface area contributed by atoms with Gasteiger partial charge in [-0.15, -0.1) is 11.3 Å². The molecule has 0 saturated heterocycles. The third-order valence-electron chi connectivity index (χ3n) is 4.38. The topological polar surface area (TPSA) is 26.0 Å². The molecule has 2 aromatic rings. The van der Waals surface area contributed by atoms with Gasteiger partial charge in [0.25, 0.3) is 0 Å². The highest BCUT2D eigenvalue weighted by Crippen LogP contribution is 2.47. The maximum absolute atomic E-state index is 13.4. The minimum atomic E-state index is -2.51. The predicted molar refractivity (Wildman–Crippen MR) is 76.0 cm³/mol. The van der Waals surface area contributed by atoms with Crippen LogP contribution in [0.5, 0.6) is 0 Å². The Kier molecular flexibility index (Phi) is 3.10. The smallest absolute Gasteiger partial charge is 0.248 e. The van der Waals surface area contributed by atoms with Crippen molar-refractivity contribution in [2.45, 2.75) is 37.0 Å². The van der Waals surface area contributed by atoms with Gasteiger partial charge in [0.05, 0.1) is 0 Å². The molecule has 2 N–H and O–H groups in total. The average Bonchev–Trinajstić information content (AvgIpc) is 2.84. The molecule has 4 heteroatoms. The first-order chi connectivity index (χ1) is 9.06. The molecule has 1 heterocycles. The van der Waals surface area contributed by atoms with E-state index in [4.69, 9.17) is 5.73 Å².